The van der Waals surface area contributed by atoms with E-state index in [9.17, 15) is 19.2 Å². The van der Waals surface area contributed by atoms with Crippen LogP contribution in [0.4, 0.5) is 0 Å². The summed E-state index contributed by atoms with van der Waals surface area (Å²) in [6.07, 6.45) is -0.756. The van der Waals surface area contributed by atoms with Crippen molar-refractivity contribution in [2.45, 2.75) is 46.4 Å². The summed E-state index contributed by atoms with van der Waals surface area (Å²) in [5.74, 6) is -1.31. The number of aromatic amines is 1. The van der Waals surface area contributed by atoms with Crippen molar-refractivity contribution < 1.29 is 23.8 Å². The monoisotopic (exact) mass is 354 g/mol. The van der Waals surface area contributed by atoms with Crippen LogP contribution in [0.25, 0.3) is 0 Å². The zero-order valence-corrected chi connectivity index (χ0v) is 14.7. The van der Waals surface area contributed by atoms with Gasteiger partial charge in [-0.25, -0.2) is 9.59 Å². The van der Waals surface area contributed by atoms with Gasteiger partial charge in [0.15, 0.2) is 6.10 Å². The van der Waals surface area contributed by atoms with E-state index < -0.39 is 40.9 Å². The average Bonchev–Trinajstić information content (AvgIpc) is 2.90. The van der Waals surface area contributed by atoms with Gasteiger partial charge in [0, 0.05) is 18.2 Å². The zero-order valence-electron chi connectivity index (χ0n) is 14.7. The molecule has 0 aliphatic carbocycles. The SMILES string of the molecule is CCOC(=O)[C@H]1O[C@@H](n2cc(C)c(=O)[nH]c2=O)CC1(C)C(=O)OCC. The fourth-order valence-electron chi connectivity index (χ4n) is 2.81. The molecule has 0 bridgehead atoms. The van der Waals surface area contributed by atoms with E-state index in [1.165, 1.54) is 20.0 Å². The van der Waals surface area contributed by atoms with Crippen LogP contribution in [0.3, 0.4) is 0 Å². The smallest absolute Gasteiger partial charge is 0.336 e. The molecule has 9 heteroatoms. The molecule has 1 aliphatic heterocycles. The van der Waals surface area contributed by atoms with Crippen LogP contribution in [0.5, 0.6) is 0 Å². The van der Waals surface area contributed by atoms with Crippen molar-refractivity contribution in [1.29, 1.82) is 0 Å². The lowest BCUT2D eigenvalue weighted by Gasteiger charge is -2.25. The van der Waals surface area contributed by atoms with Crippen LogP contribution in [0.2, 0.25) is 0 Å². The number of carbonyl (C=O) groups excluding carboxylic acids is 2. The molecule has 1 aromatic rings. The molecule has 25 heavy (non-hydrogen) atoms. The summed E-state index contributed by atoms with van der Waals surface area (Å²) in [5.41, 5.74) is -2.19. The molecule has 0 spiro atoms. The highest BCUT2D eigenvalue weighted by molar-refractivity contribution is 5.87. The van der Waals surface area contributed by atoms with Crippen molar-refractivity contribution in [1.82, 2.24) is 9.55 Å². The van der Waals surface area contributed by atoms with Crippen LogP contribution >= 0.6 is 0 Å². The third kappa shape index (κ3) is 3.51. The Hall–Kier alpha value is -2.42. The van der Waals surface area contributed by atoms with Crippen molar-refractivity contribution in [3.8, 4) is 0 Å². The minimum absolute atomic E-state index is 0.0285. The van der Waals surface area contributed by atoms with E-state index in [0.717, 1.165) is 4.57 Å². The molecule has 3 atom stereocenters. The van der Waals surface area contributed by atoms with Crippen LogP contribution in [0.15, 0.2) is 15.8 Å². The lowest BCUT2D eigenvalue weighted by Crippen LogP contribution is -2.43. The Balaban J connectivity index is 2.43. The van der Waals surface area contributed by atoms with Gasteiger partial charge in [-0.3, -0.25) is 19.1 Å². The highest BCUT2D eigenvalue weighted by Crippen LogP contribution is 2.44. The van der Waals surface area contributed by atoms with Crippen molar-refractivity contribution in [2.75, 3.05) is 13.2 Å². The molecule has 1 unspecified atom stereocenters. The summed E-state index contributed by atoms with van der Waals surface area (Å²) >= 11 is 0. The molecule has 9 nitrogen and oxygen atoms in total. The third-order valence-corrected chi connectivity index (χ3v) is 4.17. The second-order valence-electron chi connectivity index (χ2n) is 6.04. The van der Waals surface area contributed by atoms with Gasteiger partial charge in [-0.1, -0.05) is 0 Å². The van der Waals surface area contributed by atoms with Gasteiger partial charge < -0.3 is 14.2 Å². The van der Waals surface area contributed by atoms with Gasteiger partial charge in [0.2, 0.25) is 0 Å². The van der Waals surface area contributed by atoms with Crippen molar-refractivity contribution in [3.63, 3.8) is 0 Å². The zero-order chi connectivity index (χ0) is 18.8. The Bertz CT molecular complexity index is 781. The molecule has 1 saturated heterocycles. The Kier molecular flexibility index (Phi) is 5.46. The fourth-order valence-corrected chi connectivity index (χ4v) is 2.81. The van der Waals surface area contributed by atoms with Crippen molar-refractivity contribution >= 4 is 11.9 Å². The summed E-state index contributed by atoms with van der Waals surface area (Å²) in [6.45, 7) is 6.64. The molecule has 1 aromatic heterocycles. The van der Waals surface area contributed by atoms with E-state index in [0.29, 0.717) is 5.56 Å². The molecule has 0 amide bonds. The first-order valence-electron chi connectivity index (χ1n) is 8.06. The maximum Gasteiger partial charge on any atom is 0.336 e. The molecule has 1 fully saturated rings. The highest BCUT2D eigenvalue weighted by atomic mass is 16.6. The number of aryl methyl sites for hydroxylation is 1. The Labute approximate surface area is 143 Å². The molecular weight excluding hydrogens is 332 g/mol. The minimum atomic E-state index is -1.31. The summed E-state index contributed by atoms with van der Waals surface area (Å²) in [5, 5.41) is 0. The molecule has 1 aliphatic rings. The summed E-state index contributed by atoms with van der Waals surface area (Å²) in [6, 6.07) is 0. The van der Waals surface area contributed by atoms with Gasteiger partial charge in [-0.2, -0.15) is 0 Å². The maximum absolute atomic E-state index is 12.4. The van der Waals surface area contributed by atoms with Crippen molar-refractivity contribution in [2.24, 2.45) is 5.41 Å². The van der Waals surface area contributed by atoms with E-state index in [2.05, 4.69) is 4.98 Å². The summed E-state index contributed by atoms with van der Waals surface area (Å²) in [7, 11) is 0. The summed E-state index contributed by atoms with van der Waals surface area (Å²) in [4.78, 5) is 50.5. The summed E-state index contributed by atoms with van der Waals surface area (Å²) < 4.78 is 16.9. The second kappa shape index (κ2) is 7.22. The predicted octanol–water partition coefficient (Wildman–Crippen LogP) is 0.265. The molecular formula is C16H22N2O7. The van der Waals surface area contributed by atoms with Gasteiger partial charge in [0.1, 0.15) is 11.6 Å². The Morgan fingerprint density at radius 3 is 2.56 bits per heavy atom. The quantitative estimate of drug-likeness (QED) is 0.754. The van der Waals surface area contributed by atoms with Crippen molar-refractivity contribution in [3.05, 3.63) is 32.6 Å². The van der Waals surface area contributed by atoms with Gasteiger partial charge in [0.05, 0.1) is 13.2 Å². The molecule has 2 heterocycles. The predicted molar refractivity (Wildman–Crippen MR) is 86.0 cm³/mol. The Morgan fingerprint density at radius 2 is 1.96 bits per heavy atom. The number of ether oxygens (including phenoxy) is 3. The molecule has 0 radical (unpaired) electrons. The lowest BCUT2D eigenvalue weighted by molar-refractivity contribution is -0.172. The van der Waals surface area contributed by atoms with Crippen LogP contribution < -0.4 is 11.2 Å². The van der Waals surface area contributed by atoms with Crippen LogP contribution in [-0.2, 0) is 23.8 Å². The number of nitrogens with zero attached hydrogens (tertiary/aromatic N) is 1. The molecule has 1 N–H and O–H groups in total. The first-order chi connectivity index (χ1) is 11.7. The molecule has 0 saturated carbocycles. The molecule has 138 valence electrons. The molecule has 2 rings (SSSR count). The Morgan fingerprint density at radius 1 is 1.32 bits per heavy atom. The molecule has 0 aromatic carbocycles. The van der Waals surface area contributed by atoms with E-state index in [-0.39, 0.29) is 19.6 Å². The van der Waals surface area contributed by atoms with E-state index in [4.69, 9.17) is 14.2 Å². The third-order valence-electron chi connectivity index (χ3n) is 4.17. The van der Waals surface area contributed by atoms with Gasteiger partial charge in [0.25, 0.3) is 5.56 Å². The normalized spacial score (nSPS) is 25.6. The highest BCUT2D eigenvalue weighted by Gasteiger charge is 2.56. The topological polar surface area (TPSA) is 117 Å². The van der Waals surface area contributed by atoms with E-state index in [1.54, 1.807) is 13.8 Å². The number of hydrogen-bond acceptors (Lipinski definition) is 7. The first-order valence-corrected chi connectivity index (χ1v) is 8.06. The second-order valence-corrected chi connectivity index (χ2v) is 6.04. The number of aromatic nitrogens is 2. The maximum atomic E-state index is 12.4. The first kappa shape index (κ1) is 18.9. The standard InChI is InChI=1S/C16H22N2O7/c1-5-23-13(20)11-16(4,14(21)24-6-2)7-10(25-11)18-8-9(3)12(19)17-15(18)22/h8,10-11H,5-7H2,1-4H3,(H,17,19,22)/t10-,11-,16?/m1/s1. The van der Waals surface area contributed by atoms with Gasteiger partial charge in [-0.15, -0.1) is 0 Å². The van der Waals surface area contributed by atoms with E-state index >= 15 is 0 Å². The number of esters is 2. The van der Waals surface area contributed by atoms with Crippen LogP contribution in [0, 0.1) is 12.3 Å². The minimum Gasteiger partial charge on any atom is -0.465 e. The number of hydrogen-bond donors (Lipinski definition) is 1. The van der Waals surface area contributed by atoms with E-state index in [1.807, 2.05) is 0 Å². The number of rotatable bonds is 5. The van der Waals surface area contributed by atoms with Gasteiger partial charge >= 0.3 is 17.6 Å². The average molecular weight is 354 g/mol. The number of nitrogens with one attached hydrogen (secondary N) is 1. The van der Waals surface area contributed by atoms with Crippen LogP contribution in [0.1, 0.15) is 39.0 Å². The number of carbonyl (C=O) groups is 2. The number of H-pyrrole nitrogens is 1. The largest absolute Gasteiger partial charge is 0.465 e. The lowest BCUT2D eigenvalue weighted by atomic mass is 9.82. The fraction of sp³-hybridized carbons (Fsp3) is 0.625. The van der Waals surface area contributed by atoms with Crippen LogP contribution in [-0.4, -0.2) is 40.8 Å². The van der Waals surface area contributed by atoms with Gasteiger partial charge in [-0.05, 0) is 27.7 Å².